The van der Waals surface area contributed by atoms with Gasteiger partial charge in [0.05, 0.1) is 0 Å². The number of amides is 2. The molecule has 4 heteroatoms. The minimum absolute atomic E-state index is 0.207. The van der Waals surface area contributed by atoms with E-state index in [4.69, 9.17) is 0 Å². The van der Waals surface area contributed by atoms with E-state index in [0.717, 1.165) is 57.2 Å². The Labute approximate surface area is 156 Å². The maximum Gasteiger partial charge on any atom is 0.320 e. The van der Waals surface area contributed by atoms with Gasteiger partial charge in [-0.2, -0.15) is 0 Å². The number of likely N-dealkylation sites (tertiary alicyclic amines) is 1. The van der Waals surface area contributed by atoms with Gasteiger partial charge in [-0.05, 0) is 56.4 Å². The molecule has 0 aromatic heterocycles. The molecule has 3 aliphatic heterocycles. The molecule has 0 N–H and O–H groups in total. The number of rotatable bonds is 3. The second kappa shape index (κ2) is 7.42. The zero-order valence-corrected chi connectivity index (χ0v) is 15.8. The van der Waals surface area contributed by atoms with Crippen molar-refractivity contribution in [3.63, 3.8) is 0 Å². The lowest BCUT2D eigenvalue weighted by Gasteiger charge is -2.42. The van der Waals surface area contributed by atoms with Crippen molar-refractivity contribution in [2.75, 3.05) is 13.1 Å². The van der Waals surface area contributed by atoms with E-state index in [9.17, 15) is 9.59 Å². The molecule has 1 aromatic carbocycles. The third-order valence-electron chi connectivity index (χ3n) is 6.61. The molecular formula is C22H30N2O2. The third-order valence-corrected chi connectivity index (χ3v) is 6.61. The molecular weight excluding hydrogens is 324 g/mol. The molecule has 2 amide bonds. The van der Waals surface area contributed by atoms with Gasteiger partial charge in [0.1, 0.15) is 0 Å². The fourth-order valence-corrected chi connectivity index (χ4v) is 5.16. The van der Waals surface area contributed by atoms with Crippen LogP contribution in [0.25, 0.3) is 0 Å². The van der Waals surface area contributed by atoms with Crippen molar-refractivity contribution in [2.24, 2.45) is 0 Å². The first-order chi connectivity index (χ1) is 12.7. The van der Waals surface area contributed by atoms with Crippen LogP contribution >= 0.6 is 0 Å². The molecule has 0 unspecified atom stereocenters. The van der Waals surface area contributed by atoms with E-state index < -0.39 is 0 Å². The van der Waals surface area contributed by atoms with Gasteiger partial charge in [-0.25, -0.2) is 4.79 Å². The maximum atomic E-state index is 13.0. The van der Waals surface area contributed by atoms with Crippen LogP contribution in [0.2, 0.25) is 0 Å². The lowest BCUT2D eigenvalue weighted by atomic mass is 9.84. The largest absolute Gasteiger partial charge is 0.325 e. The van der Waals surface area contributed by atoms with Crippen molar-refractivity contribution in [2.45, 2.75) is 76.3 Å². The lowest BCUT2D eigenvalue weighted by Crippen LogP contribution is -2.53. The molecule has 2 bridgehead atoms. The first-order valence-corrected chi connectivity index (χ1v) is 10.4. The van der Waals surface area contributed by atoms with Crippen molar-refractivity contribution < 1.29 is 9.59 Å². The SMILES string of the molecule is CCC(=O)c1ccc([C@H]2C[C@H]3CC[C@@H](C2)N3C(=O)N2CCCCC2)cc1. The van der Waals surface area contributed by atoms with Gasteiger partial charge in [0.2, 0.25) is 0 Å². The number of carbonyl (C=O) groups excluding carboxylic acids is 2. The number of fused-ring (bicyclic) bond motifs is 2. The summed E-state index contributed by atoms with van der Waals surface area (Å²) in [6.45, 7) is 3.78. The highest BCUT2D eigenvalue weighted by atomic mass is 16.2. The smallest absolute Gasteiger partial charge is 0.320 e. The predicted molar refractivity (Wildman–Crippen MR) is 103 cm³/mol. The zero-order chi connectivity index (χ0) is 18.1. The fourth-order valence-electron chi connectivity index (χ4n) is 5.16. The molecule has 3 fully saturated rings. The highest BCUT2D eigenvalue weighted by Crippen LogP contribution is 2.43. The summed E-state index contributed by atoms with van der Waals surface area (Å²) in [6, 6.07) is 9.31. The summed E-state index contributed by atoms with van der Waals surface area (Å²) in [7, 11) is 0. The maximum absolute atomic E-state index is 13.0. The zero-order valence-electron chi connectivity index (χ0n) is 15.8. The summed E-state index contributed by atoms with van der Waals surface area (Å²) in [5, 5.41) is 0. The first kappa shape index (κ1) is 17.6. The van der Waals surface area contributed by atoms with Crippen LogP contribution in [0.1, 0.15) is 80.1 Å². The summed E-state index contributed by atoms with van der Waals surface area (Å²) < 4.78 is 0. The van der Waals surface area contributed by atoms with E-state index in [2.05, 4.69) is 21.9 Å². The molecule has 1 aromatic rings. The Bertz CT molecular complexity index is 649. The van der Waals surface area contributed by atoms with E-state index in [1.54, 1.807) is 0 Å². The van der Waals surface area contributed by atoms with Crippen LogP contribution in [0.3, 0.4) is 0 Å². The van der Waals surface area contributed by atoms with Gasteiger partial charge in [-0.15, -0.1) is 0 Å². The van der Waals surface area contributed by atoms with Crippen molar-refractivity contribution in [3.05, 3.63) is 35.4 Å². The molecule has 4 nitrogen and oxygen atoms in total. The molecule has 4 rings (SSSR count). The fraction of sp³-hybridized carbons (Fsp3) is 0.636. The van der Waals surface area contributed by atoms with Gasteiger partial charge in [-0.1, -0.05) is 31.2 Å². The molecule has 3 heterocycles. The number of benzene rings is 1. The highest BCUT2D eigenvalue weighted by Gasteiger charge is 2.44. The minimum Gasteiger partial charge on any atom is -0.325 e. The van der Waals surface area contributed by atoms with Gasteiger partial charge < -0.3 is 9.80 Å². The van der Waals surface area contributed by atoms with Gasteiger partial charge in [-0.3, -0.25) is 4.79 Å². The summed E-state index contributed by atoms with van der Waals surface area (Å²) in [4.78, 5) is 29.2. The van der Waals surface area contributed by atoms with E-state index in [0.29, 0.717) is 30.5 Å². The molecule has 140 valence electrons. The van der Waals surface area contributed by atoms with Crippen LogP contribution in [0.15, 0.2) is 24.3 Å². The first-order valence-electron chi connectivity index (χ1n) is 10.4. The van der Waals surface area contributed by atoms with Crippen LogP contribution in [0, 0.1) is 0 Å². The molecule has 3 atom stereocenters. The minimum atomic E-state index is 0.207. The summed E-state index contributed by atoms with van der Waals surface area (Å²) in [5.74, 6) is 0.724. The molecule has 0 radical (unpaired) electrons. The number of hydrogen-bond donors (Lipinski definition) is 0. The van der Waals surface area contributed by atoms with E-state index in [1.165, 1.54) is 12.0 Å². The Hall–Kier alpha value is -1.84. The van der Waals surface area contributed by atoms with Crippen molar-refractivity contribution >= 4 is 11.8 Å². The number of hydrogen-bond acceptors (Lipinski definition) is 2. The number of carbonyl (C=O) groups is 2. The normalized spacial score (nSPS) is 28.3. The van der Waals surface area contributed by atoms with Crippen molar-refractivity contribution in [3.8, 4) is 0 Å². The molecule has 26 heavy (non-hydrogen) atoms. The molecule has 3 aliphatic rings. The van der Waals surface area contributed by atoms with Crippen molar-refractivity contribution in [1.82, 2.24) is 9.80 Å². The Morgan fingerprint density at radius 1 is 0.962 bits per heavy atom. The molecule has 0 saturated carbocycles. The van der Waals surface area contributed by atoms with E-state index >= 15 is 0 Å². The number of piperidine rings is 2. The standard InChI is InChI=1S/C22H30N2O2/c1-2-21(25)17-8-6-16(7-9-17)18-14-19-10-11-20(15-18)24(19)22(26)23-12-4-3-5-13-23/h6-9,18-20H,2-5,10-15H2,1H3/t18-,19+,20-. The van der Waals surface area contributed by atoms with Gasteiger partial charge in [0.25, 0.3) is 0 Å². The van der Waals surface area contributed by atoms with Gasteiger partial charge >= 0.3 is 6.03 Å². The quantitative estimate of drug-likeness (QED) is 0.745. The summed E-state index contributed by atoms with van der Waals surface area (Å²) in [5.41, 5.74) is 2.15. The van der Waals surface area contributed by atoms with Crippen LogP contribution < -0.4 is 0 Å². The average Bonchev–Trinajstić information content (AvgIpc) is 2.96. The van der Waals surface area contributed by atoms with Gasteiger partial charge in [0, 0.05) is 37.2 Å². The molecule has 0 spiro atoms. The second-order valence-corrected chi connectivity index (χ2v) is 8.19. The Morgan fingerprint density at radius 2 is 1.58 bits per heavy atom. The predicted octanol–water partition coefficient (Wildman–Crippen LogP) is 4.60. The van der Waals surface area contributed by atoms with Crippen LogP contribution in [-0.2, 0) is 0 Å². The number of nitrogens with zero attached hydrogens (tertiary/aromatic N) is 2. The Balaban J connectivity index is 1.44. The van der Waals surface area contributed by atoms with Crippen LogP contribution in [0.4, 0.5) is 4.79 Å². The summed E-state index contributed by atoms with van der Waals surface area (Å²) >= 11 is 0. The number of urea groups is 1. The monoisotopic (exact) mass is 354 g/mol. The van der Waals surface area contributed by atoms with Gasteiger partial charge in [0.15, 0.2) is 5.78 Å². The van der Waals surface area contributed by atoms with E-state index in [1.807, 2.05) is 19.1 Å². The molecule has 0 aliphatic carbocycles. The second-order valence-electron chi connectivity index (χ2n) is 8.19. The van der Waals surface area contributed by atoms with Crippen LogP contribution in [0.5, 0.6) is 0 Å². The average molecular weight is 354 g/mol. The van der Waals surface area contributed by atoms with Crippen LogP contribution in [-0.4, -0.2) is 46.8 Å². The molecule has 3 saturated heterocycles. The van der Waals surface area contributed by atoms with E-state index in [-0.39, 0.29) is 5.78 Å². The Morgan fingerprint density at radius 3 is 2.15 bits per heavy atom. The summed E-state index contributed by atoms with van der Waals surface area (Å²) in [6.07, 6.45) is 8.55. The lowest BCUT2D eigenvalue weighted by molar-refractivity contribution is 0.0979. The number of ketones is 1. The Kier molecular flexibility index (Phi) is 5.01. The number of Topliss-reactive ketones (excluding diaryl/α,β-unsaturated/α-hetero) is 1. The topological polar surface area (TPSA) is 40.6 Å². The third kappa shape index (κ3) is 3.26. The van der Waals surface area contributed by atoms with Crippen molar-refractivity contribution in [1.29, 1.82) is 0 Å². The highest BCUT2D eigenvalue weighted by molar-refractivity contribution is 5.95.